The lowest BCUT2D eigenvalue weighted by Crippen LogP contribution is -2.56. The van der Waals surface area contributed by atoms with Crippen molar-refractivity contribution in [1.82, 2.24) is 8.75 Å². The zero-order valence-electron chi connectivity index (χ0n) is 17.1. The van der Waals surface area contributed by atoms with Gasteiger partial charge in [0.05, 0.1) is 31.9 Å². The van der Waals surface area contributed by atoms with E-state index in [4.69, 9.17) is 15.2 Å². The first-order valence-electron chi connectivity index (χ1n) is 9.97. The number of carbonyl (C=O) groups is 1. The normalized spacial score (nSPS) is 21.7. The molecule has 9 heteroatoms. The van der Waals surface area contributed by atoms with Crippen LogP contribution in [0.25, 0.3) is 5.57 Å². The van der Waals surface area contributed by atoms with Gasteiger partial charge in [-0.25, -0.2) is 0 Å². The van der Waals surface area contributed by atoms with Crippen molar-refractivity contribution >= 4 is 35.9 Å². The van der Waals surface area contributed by atoms with Crippen LogP contribution >= 0.6 is 24.4 Å². The van der Waals surface area contributed by atoms with Gasteiger partial charge in [0.1, 0.15) is 18.3 Å². The van der Waals surface area contributed by atoms with E-state index >= 15 is 0 Å². The molecule has 1 aliphatic heterocycles. The second-order valence-corrected chi connectivity index (χ2v) is 8.43. The van der Waals surface area contributed by atoms with E-state index in [1.54, 1.807) is 0 Å². The van der Waals surface area contributed by atoms with Crippen LogP contribution in [0.4, 0.5) is 0 Å². The van der Waals surface area contributed by atoms with E-state index < -0.39 is 12.0 Å². The average molecular weight is 430 g/mol. The third-order valence-corrected chi connectivity index (χ3v) is 6.13. The van der Waals surface area contributed by atoms with Crippen LogP contribution in [0.2, 0.25) is 0 Å². The molecule has 0 amide bonds. The van der Waals surface area contributed by atoms with Gasteiger partial charge in [-0.1, -0.05) is 32.3 Å². The van der Waals surface area contributed by atoms with E-state index in [1.165, 1.54) is 31.0 Å². The lowest BCUT2D eigenvalue weighted by Gasteiger charge is -2.41. The number of nitrogens with zero attached hydrogens (tertiary/aromatic N) is 3. The molecule has 0 fully saturated rings. The Morgan fingerprint density at radius 2 is 2.18 bits per heavy atom. The molecule has 0 aromatic carbocycles. The molecule has 0 saturated heterocycles. The molecule has 0 bridgehead atoms. The summed E-state index contributed by atoms with van der Waals surface area (Å²) in [6, 6.07) is -0.701. The number of likely N-dealkylation sites (N-methyl/N-ethyl adjacent to an activating group) is 1. The van der Waals surface area contributed by atoms with Gasteiger partial charge in [-0.3, -0.25) is 9.28 Å². The molecule has 1 aliphatic rings. The quantitative estimate of drug-likeness (QED) is 0.243. The lowest BCUT2D eigenvalue weighted by molar-refractivity contribution is -0.944. The lowest BCUT2D eigenvalue weighted by atomic mass is 10.0. The van der Waals surface area contributed by atoms with Gasteiger partial charge < -0.3 is 15.2 Å². The smallest absolute Gasteiger partial charge is 0.328 e. The number of nitrogens with two attached hydrogens (primary N) is 1. The molecule has 7 nitrogen and oxygen atoms in total. The van der Waals surface area contributed by atoms with Gasteiger partial charge in [0.2, 0.25) is 6.23 Å². The topological polar surface area (TPSA) is 87.3 Å². The average Bonchev–Trinajstić information content (AvgIpc) is 3.15. The number of esters is 1. The maximum absolute atomic E-state index is 12.1. The summed E-state index contributed by atoms with van der Waals surface area (Å²) in [4.78, 5) is 12.1. The predicted octanol–water partition coefficient (Wildman–Crippen LogP) is 2.88. The number of thiol groups is 1. The summed E-state index contributed by atoms with van der Waals surface area (Å²) in [5.41, 5.74) is 7.64. The number of carbonyl (C=O) groups excluding carboxylic acids is 1. The summed E-state index contributed by atoms with van der Waals surface area (Å²) in [5.74, 6) is 0.469. The molecule has 158 valence electrons. The molecule has 2 N–H and O–H groups in total. The molecule has 1 unspecified atom stereocenters. The van der Waals surface area contributed by atoms with E-state index in [0.717, 1.165) is 30.7 Å². The first kappa shape index (κ1) is 23.1. The zero-order valence-corrected chi connectivity index (χ0v) is 18.8. The van der Waals surface area contributed by atoms with E-state index in [-0.39, 0.29) is 12.0 Å². The molecule has 1 aromatic heterocycles. The van der Waals surface area contributed by atoms with E-state index in [1.807, 2.05) is 6.92 Å². The minimum atomic E-state index is -0.701. The van der Waals surface area contributed by atoms with Crippen molar-refractivity contribution in [2.45, 2.75) is 58.2 Å². The Morgan fingerprint density at radius 3 is 2.89 bits per heavy atom. The molecular formula is C19H33N4O3S2+. The van der Waals surface area contributed by atoms with Crippen LogP contribution in [0, 0.1) is 0 Å². The Hall–Kier alpha value is -1.16. The van der Waals surface area contributed by atoms with Crippen LogP contribution in [-0.2, 0) is 9.53 Å². The first-order chi connectivity index (χ1) is 13.4. The molecule has 0 aliphatic carbocycles. The second-order valence-electron chi connectivity index (χ2n) is 7.53. The van der Waals surface area contributed by atoms with Gasteiger partial charge in [0.25, 0.3) is 5.88 Å². The molecular weight excluding hydrogens is 396 g/mol. The van der Waals surface area contributed by atoms with Gasteiger partial charge in [-0.2, -0.15) is 17.0 Å². The minimum absolute atomic E-state index is 0.268. The highest BCUT2D eigenvalue weighted by atomic mass is 32.1. The standard InChI is InChI=1S/C19H32N4O3S2/c1-4-5-6-7-11-25-18-17(21-28-22-18)15-9-8-10-23(3,12-15)14(2)26-19(24)16(20)13-27/h9,14,16H,4-8,10-13,20H2,1-3H3/p+1/t14-,16-,23?/m0/s1. The maximum atomic E-state index is 12.1. The largest absolute Gasteiger partial charge is 0.475 e. The van der Waals surface area contributed by atoms with Crippen molar-refractivity contribution < 1.29 is 18.8 Å². The summed E-state index contributed by atoms with van der Waals surface area (Å²) < 4.78 is 20.9. The Morgan fingerprint density at radius 1 is 1.39 bits per heavy atom. The Bertz CT molecular complexity index is 667. The molecule has 0 spiro atoms. The minimum Gasteiger partial charge on any atom is -0.475 e. The van der Waals surface area contributed by atoms with Crippen molar-refractivity contribution in [1.29, 1.82) is 0 Å². The Balaban J connectivity index is 2.00. The number of ether oxygens (including phenoxy) is 2. The molecule has 2 rings (SSSR count). The highest BCUT2D eigenvalue weighted by molar-refractivity contribution is 7.80. The molecule has 1 aromatic rings. The van der Waals surface area contributed by atoms with Gasteiger partial charge in [-0.15, -0.1) is 4.37 Å². The van der Waals surface area contributed by atoms with Crippen LogP contribution in [0.3, 0.4) is 0 Å². The van der Waals surface area contributed by atoms with Gasteiger partial charge in [-0.05, 0) is 6.42 Å². The van der Waals surface area contributed by atoms with Crippen molar-refractivity contribution in [3.05, 3.63) is 11.8 Å². The molecule has 3 atom stereocenters. The van der Waals surface area contributed by atoms with Crippen molar-refractivity contribution in [3.63, 3.8) is 0 Å². The monoisotopic (exact) mass is 429 g/mol. The molecule has 0 radical (unpaired) electrons. The fourth-order valence-electron chi connectivity index (χ4n) is 3.17. The summed E-state index contributed by atoms with van der Waals surface area (Å²) in [7, 11) is 2.09. The summed E-state index contributed by atoms with van der Waals surface area (Å²) >= 11 is 5.24. The number of quaternary nitrogens is 1. The SMILES string of the molecule is CCCCCCOc1nsnc1C1=CCC[N+](C)([C@H](C)OC(=O)[C@@H](N)CS)C1. The number of hydrogen-bond acceptors (Lipinski definition) is 8. The number of unbranched alkanes of at least 4 members (excludes halogenated alkanes) is 3. The van der Waals surface area contributed by atoms with Gasteiger partial charge in [0.15, 0.2) is 0 Å². The molecule has 28 heavy (non-hydrogen) atoms. The highest BCUT2D eigenvalue weighted by Crippen LogP contribution is 2.31. The van der Waals surface area contributed by atoms with Gasteiger partial charge >= 0.3 is 5.97 Å². The predicted molar refractivity (Wildman–Crippen MR) is 115 cm³/mol. The van der Waals surface area contributed by atoms with Crippen LogP contribution in [0.5, 0.6) is 5.88 Å². The second kappa shape index (κ2) is 11.1. The van der Waals surface area contributed by atoms with Crippen LogP contribution in [0.1, 0.15) is 51.6 Å². The van der Waals surface area contributed by atoms with Gasteiger partial charge in [0, 0.05) is 24.7 Å². The van der Waals surface area contributed by atoms with Crippen LogP contribution in [-0.4, -0.2) is 64.0 Å². The Kier molecular flexibility index (Phi) is 9.20. The molecule has 0 saturated carbocycles. The fourth-order valence-corrected chi connectivity index (χ4v) is 3.85. The Labute approximate surface area is 177 Å². The summed E-state index contributed by atoms with van der Waals surface area (Å²) in [5, 5.41) is 0. The number of rotatable bonds is 11. The van der Waals surface area contributed by atoms with Crippen molar-refractivity contribution in [3.8, 4) is 5.88 Å². The number of aromatic nitrogens is 2. The van der Waals surface area contributed by atoms with E-state index in [2.05, 4.69) is 41.4 Å². The summed E-state index contributed by atoms with van der Waals surface area (Å²) in [6.45, 7) is 6.34. The third-order valence-electron chi connectivity index (χ3n) is 5.23. The van der Waals surface area contributed by atoms with Crippen molar-refractivity contribution in [2.75, 3.05) is 32.5 Å². The van der Waals surface area contributed by atoms with Crippen LogP contribution < -0.4 is 10.5 Å². The fraction of sp³-hybridized carbons (Fsp3) is 0.737. The van der Waals surface area contributed by atoms with E-state index in [0.29, 0.717) is 23.5 Å². The maximum Gasteiger partial charge on any atom is 0.328 e. The molecule has 2 heterocycles. The summed E-state index contributed by atoms with van der Waals surface area (Å²) in [6.07, 6.45) is 7.37. The van der Waals surface area contributed by atoms with E-state index in [9.17, 15) is 4.79 Å². The first-order valence-corrected chi connectivity index (χ1v) is 11.3. The van der Waals surface area contributed by atoms with Crippen molar-refractivity contribution in [2.24, 2.45) is 5.73 Å². The third kappa shape index (κ3) is 6.17. The highest BCUT2D eigenvalue weighted by Gasteiger charge is 2.37. The van der Waals surface area contributed by atoms with Crippen LogP contribution in [0.15, 0.2) is 6.08 Å². The zero-order chi connectivity index (χ0) is 20.6. The number of hydrogen-bond donors (Lipinski definition) is 2.